The van der Waals surface area contributed by atoms with Crippen molar-refractivity contribution in [1.29, 1.82) is 0 Å². The Morgan fingerprint density at radius 1 is 1.25 bits per heavy atom. The van der Waals surface area contributed by atoms with E-state index in [0.29, 0.717) is 13.2 Å². The molecule has 1 unspecified atom stereocenters. The van der Waals surface area contributed by atoms with Crippen LogP contribution in [-0.2, 0) is 9.53 Å². The number of amides is 1. The molecule has 2 aliphatic heterocycles. The molecule has 2 fully saturated rings. The summed E-state index contributed by atoms with van der Waals surface area (Å²) in [5.41, 5.74) is 1.15. The maximum absolute atomic E-state index is 12.5. The number of ether oxygens (including phenoxy) is 2. The highest BCUT2D eigenvalue weighted by Gasteiger charge is 2.30. The second-order valence-corrected chi connectivity index (χ2v) is 7.26. The number of hydrogen-bond acceptors (Lipinski definition) is 4. The molecule has 1 aromatic rings. The molecular weight excluding hydrogens is 356 g/mol. The molecule has 1 aromatic carbocycles. The van der Waals surface area contributed by atoms with Crippen LogP contribution in [0.4, 0.5) is 0 Å². The van der Waals surface area contributed by atoms with Crippen molar-refractivity contribution < 1.29 is 14.3 Å². The molecular formula is C21H32N4O3. The maximum atomic E-state index is 12.5. The second kappa shape index (κ2) is 10.3. The van der Waals surface area contributed by atoms with Crippen molar-refractivity contribution in [3.05, 3.63) is 29.8 Å². The second-order valence-electron chi connectivity index (χ2n) is 7.26. The molecule has 0 aliphatic carbocycles. The van der Waals surface area contributed by atoms with Gasteiger partial charge in [-0.3, -0.25) is 9.79 Å². The van der Waals surface area contributed by atoms with E-state index in [4.69, 9.17) is 9.47 Å². The van der Waals surface area contributed by atoms with Gasteiger partial charge in [0.2, 0.25) is 0 Å². The lowest BCUT2D eigenvalue weighted by Crippen LogP contribution is -2.55. The zero-order chi connectivity index (χ0) is 19.8. The van der Waals surface area contributed by atoms with E-state index in [-0.39, 0.29) is 12.0 Å². The molecule has 28 heavy (non-hydrogen) atoms. The minimum Gasteiger partial charge on any atom is -0.493 e. The Balaban J connectivity index is 1.35. The molecule has 2 aliphatic rings. The van der Waals surface area contributed by atoms with Crippen LogP contribution in [0.15, 0.2) is 29.3 Å². The highest BCUT2D eigenvalue weighted by atomic mass is 16.5. The lowest BCUT2D eigenvalue weighted by molar-refractivity contribution is -0.142. The predicted molar refractivity (Wildman–Crippen MR) is 110 cm³/mol. The first kappa shape index (κ1) is 20.5. The molecule has 7 heteroatoms. The van der Waals surface area contributed by atoms with Gasteiger partial charge in [0.25, 0.3) is 5.91 Å². The summed E-state index contributed by atoms with van der Waals surface area (Å²) >= 11 is 0. The molecule has 1 atom stereocenters. The first-order valence-electron chi connectivity index (χ1n) is 10.2. The number of guanidine groups is 1. The van der Waals surface area contributed by atoms with E-state index in [1.807, 2.05) is 23.1 Å². The van der Waals surface area contributed by atoms with Crippen LogP contribution in [-0.4, -0.2) is 80.8 Å². The third-order valence-electron chi connectivity index (χ3n) is 5.26. The third-order valence-corrected chi connectivity index (χ3v) is 5.26. The number of rotatable bonds is 6. The monoisotopic (exact) mass is 388 g/mol. The smallest absolute Gasteiger partial charge is 0.251 e. The topological polar surface area (TPSA) is 66.4 Å². The molecule has 0 spiro atoms. The Morgan fingerprint density at radius 3 is 2.68 bits per heavy atom. The largest absolute Gasteiger partial charge is 0.493 e. The third kappa shape index (κ3) is 5.38. The van der Waals surface area contributed by atoms with Crippen molar-refractivity contribution in [3.8, 4) is 5.75 Å². The normalized spacial score (nSPS) is 20.4. The number of nitrogens with zero attached hydrogens (tertiary/aromatic N) is 3. The minimum absolute atomic E-state index is 0.147. The van der Waals surface area contributed by atoms with Crippen molar-refractivity contribution in [1.82, 2.24) is 15.1 Å². The highest BCUT2D eigenvalue weighted by Crippen LogP contribution is 2.17. The van der Waals surface area contributed by atoms with Crippen molar-refractivity contribution in [2.45, 2.75) is 32.3 Å². The van der Waals surface area contributed by atoms with Gasteiger partial charge in [0, 0.05) is 46.4 Å². The van der Waals surface area contributed by atoms with Gasteiger partial charge in [0.15, 0.2) is 5.96 Å². The number of aliphatic imine (C=N–C) groups is 1. The minimum atomic E-state index is -0.225. The van der Waals surface area contributed by atoms with Gasteiger partial charge in [-0.05, 0) is 37.8 Å². The van der Waals surface area contributed by atoms with Crippen LogP contribution in [0.5, 0.6) is 5.75 Å². The van der Waals surface area contributed by atoms with Crippen LogP contribution >= 0.6 is 0 Å². The fraction of sp³-hybridized carbons (Fsp3) is 0.619. The summed E-state index contributed by atoms with van der Waals surface area (Å²) in [4.78, 5) is 21.0. The summed E-state index contributed by atoms with van der Waals surface area (Å²) in [5, 5.41) is 3.41. The van der Waals surface area contributed by atoms with Gasteiger partial charge < -0.3 is 24.6 Å². The Hall–Kier alpha value is -2.28. The van der Waals surface area contributed by atoms with E-state index >= 15 is 0 Å². The van der Waals surface area contributed by atoms with Crippen LogP contribution in [0.25, 0.3) is 0 Å². The Bertz CT molecular complexity index is 665. The first-order valence-corrected chi connectivity index (χ1v) is 10.2. The van der Waals surface area contributed by atoms with E-state index < -0.39 is 0 Å². The average Bonchev–Trinajstić information content (AvgIpc) is 3.26. The summed E-state index contributed by atoms with van der Waals surface area (Å²) in [6, 6.07) is 8.06. The first-order chi connectivity index (χ1) is 13.7. The summed E-state index contributed by atoms with van der Waals surface area (Å²) in [6.07, 6.45) is 2.51. The van der Waals surface area contributed by atoms with Crippen molar-refractivity contribution in [2.24, 2.45) is 4.99 Å². The van der Waals surface area contributed by atoms with Gasteiger partial charge in [-0.1, -0.05) is 18.2 Å². The predicted octanol–water partition coefficient (Wildman–Crippen LogP) is 1.66. The molecule has 2 saturated heterocycles. The van der Waals surface area contributed by atoms with Gasteiger partial charge >= 0.3 is 0 Å². The highest BCUT2D eigenvalue weighted by molar-refractivity contribution is 5.82. The van der Waals surface area contributed by atoms with Crippen LogP contribution < -0.4 is 10.1 Å². The van der Waals surface area contributed by atoms with E-state index in [2.05, 4.69) is 28.2 Å². The number of nitrogens with one attached hydrogen (secondary N) is 1. The van der Waals surface area contributed by atoms with Gasteiger partial charge in [0.1, 0.15) is 11.9 Å². The number of benzene rings is 1. The Labute approximate surface area is 167 Å². The number of carbonyl (C=O) groups is 1. The van der Waals surface area contributed by atoms with Gasteiger partial charge in [-0.15, -0.1) is 0 Å². The Morgan fingerprint density at radius 2 is 2.00 bits per heavy atom. The lowest BCUT2D eigenvalue weighted by Gasteiger charge is -2.37. The van der Waals surface area contributed by atoms with E-state index in [0.717, 1.165) is 69.3 Å². The zero-order valence-corrected chi connectivity index (χ0v) is 17.0. The quantitative estimate of drug-likeness (QED) is 0.456. The van der Waals surface area contributed by atoms with Crippen LogP contribution in [0.1, 0.15) is 24.8 Å². The lowest BCUT2D eigenvalue weighted by atomic mass is 10.2. The van der Waals surface area contributed by atoms with Gasteiger partial charge in [-0.2, -0.15) is 0 Å². The fourth-order valence-corrected chi connectivity index (χ4v) is 3.62. The molecule has 154 valence electrons. The van der Waals surface area contributed by atoms with Crippen LogP contribution in [0.2, 0.25) is 0 Å². The average molecular weight is 389 g/mol. The molecule has 0 radical (unpaired) electrons. The maximum Gasteiger partial charge on any atom is 0.251 e. The van der Waals surface area contributed by atoms with E-state index in [1.165, 1.54) is 0 Å². The summed E-state index contributed by atoms with van der Waals surface area (Å²) < 4.78 is 11.4. The SMILES string of the molecule is CN=C(NCCCOc1ccccc1C)N1CCN(C(=O)C2CCCO2)CC1. The number of para-hydroxylation sites is 1. The standard InChI is InChI=1S/C21H32N4O3/c1-17-7-3-4-8-18(17)27-16-6-10-23-21(22-2)25-13-11-24(12-14-25)20(26)19-9-5-15-28-19/h3-4,7-8,19H,5-6,9-16H2,1-2H3,(H,22,23). The molecule has 0 aromatic heterocycles. The molecule has 7 nitrogen and oxygen atoms in total. The van der Waals surface area contributed by atoms with Crippen LogP contribution in [0, 0.1) is 6.92 Å². The summed E-state index contributed by atoms with van der Waals surface area (Å²) in [7, 11) is 1.80. The number of piperazine rings is 1. The van der Waals surface area contributed by atoms with Gasteiger partial charge in [0.05, 0.1) is 6.61 Å². The van der Waals surface area contributed by atoms with E-state index in [9.17, 15) is 4.79 Å². The Kier molecular flexibility index (Phi) is 7.54. The van der Waals surface area contributed by atoms with Gasteiger partial charge in [-0.25, -0.2) is 0 Å². The molecule has 1 N–H and O–H groups in total. The van der Waals surface area contributed by atoms with Crippen LogP contribution in [0.3, 0.4) is 0 Å². The molecule has 2 heterocycles. The fourth-order valence-electron chi connectivity index (χ4n) is 3.62. The van der Waals surface area contributed by atoms with Crippen molar-refractivity contribution in [2.75, 3.05) is 53.0 Å². The number of carbonyl (C=O) groups excluding carboxylic acids is 1. The molecule has 0 saturated carbocycles. The number of aryl methyl sites for hydroxylation is 1. The zero-order valence-electron chi connectivity index (χ0n) is 17.0. The molecule has 3 rings (SSSR count). The van der Waals surface area contributed by atoms with E-state index in [1.54, 1.807) is 7.05 Å². The molecule has 0 bridgehead atoms. The van der Waals surface area contributed by atoms with Crippen molar-refractivity contribution >= 4 is 11.9 Å². The number of hydrogen-bond donors (Lipinski definition) is 1. The molecule has 1 amide bonds. The summed E-state index contributed by atoms with van der Waals surface area (Å²) in [5.74, 6) is 1.98. The summed E-state index contributed by atoms with van der Waals surface area (Å²) in [6.45, 7) is 7.24. The van der Waals surface area contributed by atoms with Crippen molar-refractivity contribution in [3.63, 3.8) is 0 Å².